The van der Waals surface area contributed by atoms with Gasteiger partial charge in [-0.1, -0.05) is 348 Å². The fourth-order valence-corrected chi connectivity index (χ4v) is 10.8. The van der Waals surface area contributed by atoms with Gasteiger partial charge in [0.25, 0.3) is 0 Å². The molecule has 1 amide bonds. The molecule has 0 bridgehead atoms. The Morgan fingerprint density at radius 3 is 0.847 bits per heavy atom. The third-order valence-corrected chi connectivity index (χ3v) is 15.9. The Kier molecular flexibility index (Phi) is 61.4. The highest BCUT2D eigenvalue weighted by molar-refractivity contribution is 5.76. The Labute approximate surface area is 451 Å². The number of ether oxygens (including phenoxy) is 1. The van der Waals surface area contributed by atoms with Gasteiger partial charge in [-0.2, -0.15) is 0 Å². The van der Waals surface area contributed by atoms with Crippen molar-refractivity contribution < 1.29 is 24.5 Å². The van der Waals surface area contributed by atoms with Crippen LogP contribution in [-0.2, 0) is 14.3 Å². The van der Waals surface area contributed by atoms with Crippen LogP contribution in [0.1, 0.15) is 386 Å². The molecule has 2 unspecified atom stereocenters. The largest absolute Gasteiger partial charge is 0.466 e. The van der Waals surface area contributed by atoms with Gasteiger partial charge in [0.2, 0.25) is 5.91 Å². The lowest BCUT2D eigenvalue weighted by Gasteiger charge is -2.22. The summed E-state index contributed by atoms with van der Waals surface area (Å²) in [4.78, 5) is 24.5. The number of hydrogen-bond donors (Lipinski definition) is 3. The number of amides is 1. The van der Waals surface area contributed by atoms with E-state index in [1.165, 1.54) is 315 Å². The van der Waals surface area contributed by atoms with E-state index in [9.17, 15) is 19.8 Å². The first-order valence-corrected chi connectivity index (χ1v) is 33.3. The molecule has 0 aromatic carbocycles. The monoisotopic (exact) mass is 1020 g/mol. The van der Waals surface area contributed by atoms with Crippen LogP contribution < -0.4 is 5.32 Å². The van der Waals surface area contributed by atoms with Crippen LogP contribution in [0.15, 0.2) is 0 Å². The first-order chi connectivity index (χ1) is 35.5. The molecule has 0 saturated heterocycles. The predicted octanol–water partition coefficient (Wildman–Crippen LogP) is 21.0. The number of aliphatic hydroxyl groups excluding tert-OH is 2. The first kappa shape index (κ1) is 70.9. The van der Waals surface area contributed by atoms with E-state index in [0.29, 0.717) is 25.9 Å². The van der Waals surface area contributed by atoms with Gasteiger partial charge in [0, 0.05) is 12.8 Å². The summed E-state index contributed by atoms with van der Waals surface area (Å²) in [5, 5.41) is 23.2. The lowest BCUT2D eigenvalue weighted by molar-refractivity contribution is -0.143. The number of esters is 1. The van der Waals surface area contributed by atoms with Crippen LogP contribution in [-0.4, -0.2) is 47.4 Å². The summed E-state index contributed by atoms with van der Waals surface area (Å²) in [5.41, 5.74) is 0. The number of unbranched alkanes of at least 4 members (excludes halogenated alkanes) is 52. The maximum Gasteiger partial charge on any atom is 0.305 e. The molecule has 0 aromatic rings. The van der Waals surface area contributed by atoms with Gasteiger partial charge in [0.05, 0.1) is 25.4 Å². The number of nitrogens with one attached hydrogen (secondary N) is 1. The summed E-state index contributed by atoms with van der Waals surface area (Å²) in [6.45, 7) is 4.99. The minimum absolute atomic E-state index is 0.0227. The molecule has 2 atom stereocenters. The van der Waals surface area contributed by atoms with Crippen molar-refractivity contribution in [2.24, 2.45) is 0 Å². The molecule has 0 aliphatic heterocycles. The van der Waals surface area contributed by atoms with Crippen LogP contribution in [0.5, 0.6) is 0 Å². The average Bonchev–Trinajstić information content (AvgIpc) is 3.38. The highest BCUT2D eigenvalue weighted by Crippen LogP contribution is 2.19. The van der Waals surface area contributed by atoms with Crippen molar-refractivity contribution >= 4 is 11.9 Å². The van der Waals surface area contributed by atoms with Gasteiger partial charge < -0.3 is 20.3 Å². The van der Waals surface area contributed by atoms with Crippen LogP contribution in [0, 0.1) is 0 Å². The molecule has 6 heteroatoms. The number of aliphatic hydroxyl groups is 2. The van der Waals surface area contributed by atoms with Crippen LogP contribution in [0.2, 0.25) is 0 Å². The van der Waals surface area contributed by atoms with E-state index in [4.69, 9.17) is 4.74 Å². The number of rotatable bonds is 63. The Balaban J connectivity index is 3.30. The maximum absolute atomic E-state index is 12.5. The number of hydrogen-bond acceptors (Lipinski definition) is 5. The topological polar surface area (TPSA) is 95.9 Å². The molecule has 0 radical (unpaired) electrons. The van der Waals surface area contributed by atoms with Crippen LogP contribution in [0.4, 0.5) is 0 Å². The van der Waals surface area contributed by atoms with Crippen LogP contribution in [0.25, 0.3) is 0 Å². The lowest BCUT2D eigenvalue weighted by atomic mass is 10.0. The van der Waals surface area contributed by atoms with Crippen molar-refractivity contribution in [3.63, 3.8) is 0 Å². The minimum atomic E-state index is -0.659. The molecule has 0 heterocycles. The van der Waals surface area contributed by atoms with E-state index in [2.05, 4.69) is 19.2 Å². The molecule has 3 N–H and O–H groups in total. The minimum Gasteiger partial charge on any atom is -0.466 e. The fraction of sp³-hybridized carbons (Fsp3) is 0.970. The van der Waals surface area contributed by atoms with Gasteiger partial charge in [0.1, 0.15) is 0 Å². The summed E-state index contributed by atoms with van der Waals surface area (Å²) in [6, 6.07) is -0.536. The van der Waals surface area contributed by atoms with Gasteiger partial charge in [-0.05, 0) is 25.7 Å². The van der Waals surface area contributed by atoms with Crippen LogP contribution in [0.3, 0.4) is 0 Å². The summed E-state index contributed by atoms with van der Waals surface area (Å²) in [7, 11) is 0. The van der Waals surface area contributed by atoms with Crippen molar-refractivity contribution in [1.82, 2.24) is 5.32 Å². The van der Waals surface area contributed by atoms with Crippen molar-refractivity contribution in [2.45, 2.75) is 398 Å². The van der Waals surface area contributed by atoms with Crippen molar-refractivity contribution in [1.29, 1.82) is 0 Å². The molecular weight excluding hydrogens is 887 g/mol. The van der Waals surface area contributed by atoms with Gasteiger partial charge in [-0.15, -0.1) is 0 Å². The zero-order chi connectivity index (χ0) is 52.2. The quantitative estimate of drug-likeness (QED) is 0.0417. The van der Waals surface area contributed by atoms with E-state index < -0.39 is 12.1 Å². The van der Waals surface area contributed by atoms with E-state index in [1.54, 1.807) is 0 Å². The SMILES string of the molecule is CCCCCCCCCCCCCCCCC(=O)OCCCCCCCCCCCCCCCCCCCCCCCCCCCCCCCC(=O)NC(CO)C(O)CCCCCCCCCCCCCC. The van der Waals surface area contributed by atoms with Gasteiger partial charge in [0.15, 0.2) is 0 Å². The molecule has 0 aliphatic carbocycles. The zero-order valence-electron chi connectivity index (χ0n) is 49.2. The van der Waals surface area contributed by atoms with E-state index in [-0.39, 0.29) is 18.5 Å². The molecule has 0 aliphatic rings. The molecule has 0 spiro atoms. The Hall–Kier alpha value is -1.14. The van der Waals surface area contributed by atoms with Crippen molar-refractivity contribution in [3.05, 3.63) is 0 Å². The second kappa shape index (κ2) is 62.4. The predicted molar refractivity (Wildman–Crippen MR) is 315 cm³/mol. The van der Waals surface area contributed by atoms with Gasteiger partial charge >= 0.3 is 5.97 Å². The van der Waals surface area contributed by atoms with Crippen molar-refractivity contribution in [2.75, 3.05) is 13.2 Å². The molecule has 430 valence electrons. The van der Waals surface area contributed by atoms with Crippen molar-refractivity contribution in [3.8, 4) is 0 Å². The normalized spacial score (nSPS) is 12.4. The average molecular weight is 1020 g/mol. The van der Waals surface area contributed by atoms with E-state index in [1.807, 2.05) is 0 Å². The third-order valence-electron chi connectivity index (χ3n) is 15.9. The van der Waals surface area contributed by atoms with Crippen LogP contribution >= 0.6 is 0 Å². The third kappa shape index (κ3) is 58.1. The highest BCUT2D eigenvalue weighted by Gasteiger charge is 2.20. The Morgan fingerprint density at radius 2 is 0.569 bits per heavy atom. The first-order valence-electron chi connectivity index (χ1n) is 33.3. The summed E-state index contributed by atoms with van der Waals surface area (Å²) in [5.74, 6) is -0.00670. The zero-order valence-corrected chi connectivity index (χ0v) is 49.2. The molecule has 0 aromatic heterocycles. The standard InChI is InChI=1S/C66H131NO5/c1-3-5-7-9-11-13-15-17-36-40-44-48-52-56-60-66(71)72-61-57-53-49-45-41-37-34-32-30-28-26-24-22-20-18-19-21-23-25-27-29-31-33-35-39-43-47-51-55-59-65(70)67-63(62-68)64(69)58-54-50-46-42-38-16-14-12-10-8-6-4-2/h63-64,68-69H,3-62H2,1-2H3,(H,67,70). The fourth-order valence-electron chi connectivity index (χ4n) is 10.8. The second-order valence-electron chi connectivity index (χ2n) is 23.2. The van der Waals surface area contributed by atoms with Gasteiger partial charge in [-0.3, -0.25) is 9.59 Å². The lowest BCUT2D eigenvalue weighted by Crippen LogP contribution is -2.45. The van der Waals surface area contributed by atoms with E-state index in [0.717, 1.165) is 38.5 Å². The summed E-state index contributed by atoms with van der Waals surface area (Å²) in [6.07, 6.45) is 74.3. The molecule has 0 fully saturated rings. The molecule has 6 nitrogen and oxygen atoms in total. The van der Waals surface area contributed by atoms with E-state index >= 15 is 0 Å². The maximum atomic E-state index is 12.5. The molecule has 0 rings (SSSR count). The molecule has 72 heavy (non-hydrogen) atoms. The number of carbonyl (C=O) groups is 2. The Morgan fingerprint density at radius 1 is 0.333 bits per heavy atom. The Bertz CT molecular complexity index is 1040. The second-order valence-corrected chi connectivity index (χ2v) is 23.2. The summed E-state index contributed by atoms with van der Waals surface area (Å²) < 4.78 is 5.49. The number of carbonyl (C=O) groups excluding carboxylic acids is 2. The smallest absolute Gasteiger partial charge is 0.305 e. The molecular formula is C66H131NO5. The highest BCUT2D eigenvalue weighted by atomic mass is 16.5. The van der Waals surface area contributed by atoms with Gasteiger partial charge in [-0.25, -0.2) is 0 Å². The summed E-state index contributed by atoms with van der Waals surface area (Å²) >= 11 is 0. The molecule has 0 saturated carbocycles.